The van der Waals surface area contributed by atoms with Gasteiger partial charge in [-0.3, -0.25) is 4.79 Å². The van der Waals surface area contributed by atoms with Gasteiger partial charge in [0.1, 0.15) is 16.9 Å². The highest BCUT2D eigenvalue weighted by Crippen LogP contribution is 2.47. The molecule has 2 aromatic rings. The van der Waals surface area contributed by atoms with Crippen molar-refractivity contribution in [1.29, 1.82) is 0 Å². The van der Waals surface area contributed by atoms with E-state index in [-0.39, 0.29) is 17.8 Å². The molecule has 1 aromatic carbocycles. The average Bonchev–Trinajstić information content (AvgIpc) is 3.01. The van der Waals surface area contributed by atoms with Crippen LogP contribution in [0.25, 0.3) is 0 Å². The summed E-state index contributed by atoms with van der Waals surface area (Å²) in [7, 11) is 0. The Balaban J connectivity index is 1.66. The summed E-state index contributed by atoms with van der Waals surface area (Å²) in [6.07, 6.45) is 4.00. The van der Waals surface area contributed by atoms with Crippen LogP contribution in [0.4, 0.5) is 5.00 Å². The van der Waals surface area contributed by atoms with E-state index in [9.17, 15) is 9.90 Å². The monoisotopic (exact) mass is 448 g/mol. The number of carbonyl (C=O) groups is 1. The second-order valence-electron chi connectivity index (χ2n) is 8.25. The molecule has 2 atom stereocenters. The standard InChI is InChI=1S/C21H25BrN2O2S/c1-4-21(2,3)11-5-7-13-16(9-11)27-20-17(13)19(26)23-18(24-20)14-10-12(25)6-8-15(14)22/h6,8,10-11,18,24-25H,4-5,7,9H2,1-3H3,(H,23,26)/t11-,18+/m1/s1. The largest absolute Gasteiger partial charge is 0.508 e. The van der Waals surface area contributed by atoms with E-state index in [0.29, 0.717) is 11.3 Å². The number of rotatable bonds is 3. The molecular weight excluding hydrogens is 424 g/mol. The number of aromatic hydroxyl groups is 1. The molecule has 0 spiro atoms. The molecule has 0 bridgehead atoms. The minimum absolute atomic E-state index is 0.0188. The topological polar surface area (TPSA) is 61.4 Å². The van der Waals surface area contributed by atoms with Crippen LogP contribution in [0, 0.1) is 11.3 Å². The van der Waals surface area contributed by atoms with Gasteiger partial charge in [-0.1, -0.05) is 43.1 Å². The van der Waals surface area contributed by atoms with Gasteiger partial charge in [0, 0.05) is 14.9 Å². The quantitative estimate of drug-likeness (QED) is 0.571. The van der Waals surface area contributed by atoms with Crippen molar-refractivity contribution in [2.45, 2.75) is 52.6 Å². The zero-order valence-corrected chi connectivity index (χ0v) is 18.3. The Kier molecular flexibility index (Phi) is 4.75. The Hall–Kier alpha value is -1.53. The van der Waals surface area contributed by atoms with Gasteiger partial charge in [-0.25, -0.2) is 0 Å². The van der Waals surface area contributed by atoms with E-state index < -0.39 is 0 Å². The number of thiophene rings is 1. The van der Waals surface area contributed by atoms with Crippen LogP contribution in [0.3, 0.4) is 0 Å². The zero-order valence-electron chi connectivity index (χ0n) is 15.9. The molecule has 0 saturated heterocycles. The molecule has 4 nitrogen and oxygen atoms in total. The molecule has 0 radical (unpaired) electrons. The van der Waals surface area contributed by atoms with E-state index in [4.69, 9.17) is 0 Å². The van der Waals surface area contributed by atoms with Crippen molar-refractivity contribution in [2.24, 2.45) is 11.3 Å². The minimum atomic E-state index is -0.352. The first-order valence-electron chi connectivity index (χ1n) is 9.50. The van der Waals surface area contributed by atoms with Crippen molar-refractivity contribution in [3.63, 3.8) is 0 Å². The number of benzene rings is 1. The zero-order chi connectivity index (χ0) is 19.3. The summed E-state index contributed by atoms with van der Waals surface area (Å²) in [4.78, 5) is 14.3. The summed E-state index contributed by atoms with van der Waals surface area (Å²) >= 11 is 5.25. The molecule has 27 heavy (non-hydrogen) atoms. The predicted molar refractivity (Wildman–Crippen MR) is 114 cm³/mol. The van der Waals surface area contributed by atoms with Crippen molar-refractivity contribution < 1.29 is 9.90 Å². The molecule has 0 saturated carbocycles. The lowest BCUT2D eigenvalue weighted by Crippen LogP contribution is -2.38. The number of nitrogens with one attached hydrogen (secondary N) is 2. The third-order valence-electron chi connectivity index (χ3n) is 6.35. The lowest BCUT2D eigenvalue weighted by atomic mass is 9.69. The highest BCUT2D eigenvalue weighted by molar-refractivity contribution is 9.10. The molecule has 0 unspecified atom stereocenters. The number of fused-ring (bicyclic) bond motifs is 3. The van der Waals surface area contributed by atoms with E-state index in [1.165, 1.54) is 16.9 Å². The molecule has 1 amide bonds. The molecule has 6 heteroatoms. The maximum absolute atomic E-state index is 12.9. The van der Waals surface area contributed by atoms with Gasteiger partial charge in [0.05, 0.1) is 5.56 Å². The Labute approximate surface area is 172 Å². The summed E-state index contributed by atoms with van der Waals surface area (Å²) in [6.45, 7) is 6.98. The molecule has 1 aromatic heterocycles. The summed E-state index contributed by atoms with van der Waals surface area (Å²) in [5, 5.41) is 17.3. The molecular formula is C21H25BrN2O2S. The first-order valence-corrected chi connectivity index (χ1v) is 11.1. The number of phenols is 1. The Morgan fingerprint density at radius 3 is 2.85 bits per heavy atom. The summed E-state index contributed by atoms with van der Waals surface area (Å²) in [5.74, 6) is 0.828. The van der Waals surface area contributed by atoms with Crippen molar-refractivity contribution in [2.75, 3.05) is 5.32 Å². The maximum Gasteiger partial charge on any atom is 0.256 e. The molecule has 144 valence electrons. The lowest BCUT2D eigenvalue weighted by Gasteiger charge is -2.36. The van der Waals surface area contributed by atoms with Crippen LogP contribution in [0.2, 0.25) is 0 Å². The second kappa shape index (κ2) is 6.82. The fourth-order valence-electron chi connectivity index (χ4n) is 4.16. The highest BCUT2D eigenvalue weighted by Gasteiger charge is 2.37. The molecule has 1 aliphatic carbocycles. The van der Waals surface area contributed by atoms with Gasteiger partial charge in [0.15, 0.2) is 0 Å². The normalized spacial score (nSPS) is 21.9. The maximum atomic E-state index is 12.9. The number of carbonyl (C=O) groups excluding carboxylic acids is 1. The van der Waals surface area contributed by atoms with Crippen molar-refractivity contribution in [3.05, 3.63) is 44.2 Å². The molecule has 0 fully saturated rings. The smallest absolute Gasteiger partial charge is 0.256 e. The number of halogens is 1. The van der Waals surface area contributed by atoms with Crippen LogP contribution in [0.1, 0.15) is 66.1 Å². The average molecular weight is 449 g/mol. The van der Waals surface area contributed by atoms with E-state index in [1.54, 1.807) is 29.5 Å². The fourth-order valence-corrected chi connectivity index (χ4v) is 5.99. The van der Waals surface area contributed by atoms with Crippen LogP contribution in [0.15, 0.2) is 22.7 Å². The first kappa shape index (κ1) is 18.8. The van der Waals surface area contributed by atoms with Crippen molar-refractivity contribution in [1.82, 2.24) is 5.32 Å². The number of anilines is 1. The Morgan fingerprint density at radius 2 is 2.11 bits per heavy atom. The predicted octanol–water partition coefficient (Wildman–Crippen LogP) is 5.61. The Morgan fingerprint density at radius 1 is 1.33 bits per heavy atom. The van der Waals surface area contributed by atoms with E-state index in [1.807, 2.05) is 0 Å². The number of phenolic OH excluding ortho intramolecular Hbond substituents is 1. The molecule has 3 N–H and O–H groups in total. The molecule has 4 rings (SSSR count). The lowest BCUT2D eigenvalue weighted by molar-refractivity contribution is 0.0934. The van der Waals surface area contributed by atoms with Crippen molar-refractivity contribution >= 4 is 38.2 Å². The molecule has 2 aliphatic rings. The van der Waals surface area contributed by atoms with E-state index >= 15 is 0 Å². The summed E-state index contributed by atoms with van der Waals surface area (Å²) < 4.78 is 0.854. The van der Waals surface area contributed by atoms with Gasteiger partial charge in [-0.05, 0) is 54.4 Å². The van der Waals surface area contributed by atoms with Crippen molar-refractivity contribution in [3.8, 4) is 5.75 Å². The minimum Gasteiger partial charge on any atom is -0.508 e. The van der Waals surface area contributed by atoms with Gasteiger partial charge in [0.2, 0.25) is 0 Å². The highest BCUT2D eigenvalue weighted by atomic mass is 79.9. The van der Waals surface area contributed by atoms with Crippen LogP contribution >= 0.6 is 27.3 Å². The number of hydrogen-bond donors (Lipinski definition) is 3. The first-order chi connectivity index (χ1) is 12.8. The van der Waals surface area contributed by atoms with E-state index in [0.717, 1.165) is 39.9 Å². The van der Waals surface area contributed by atoms with Crippen LogP contribution in [0.5, 0.6) is 5.75 Å². The SMILES string of the molecule is CCC(C)(C)[C@@H]1CCc2c(sc3c2C(=O)N[C@H](c2cc(O)ccc2Br)N3)C1. The van der Waals surface area contributed by atoms with Crippen LogP contribution < -0.4 is 10.6 Å². The van der Waals surface area contributed by atoms with Crippen LogP contribution in [-0.2, 0) is 12.8 Å². The third kappa shape index (κ3) is 3.27. The number of amides is 1. The summed E-state index contributed by atoms with van der Waals surface area (Å²) in [6, 6.07) is 5.11. The van der Waals surface area contributed by atoms with Gasteiger partial charge >= 0.3 is 0 Å². The molecule has 2 heterocycles. The van der Waals surface area contributed by atoms with Gasteiger partial charge < -0.3 is 15.7 Å². The Bertz CT molecular complexity index is 906. The van der Waals surface area contributed by atoms with Gasteiger partial charge in [-0.2, -0.15) is 0 Å². The second-order valence-corrected chi connectivity index (χ2v) is 10.2. The van der Waals surface area contributed by atoms with Crippen LogP contribution in [-0.4, -0.2) is 11.0 Å². The summed E-state index contributed by atoms with van der Waals surface area (Å²) in [5.41, 5.74) is 3.21. The van der Waals surface area contributed by atoms with E-state index in [2.05, 4.69) is 47.3 Å². The van der Waals surface area contributed by atoms with Gasteiger partial charge in [0.25, 0.3) is 5.91 Å². The fraction of sp³-hybridized carbons (Fsp3) is 0.476. The molecule has 1 aliphatic heterocycles. The third-order valence-corrected chi connectivity index (χ3v) is 8.26. The van der Waals surface area contributed by atoms with Gasteiger partial charge in [-0.15, -0.1) is 11.3 Å². The number of hydrogen-bond acceptors (Lipinski definition) is 4.